The summed E-state index contributed by atoms with van der Waals surface area (Å²) in [6.07, 6.45) is 3.14. The standard InChI is InChI=1S/C15H23O/c1-6-7-9-12-13(15(2,3)4)10-8-11-14(12)16-5/h8,10-11H,1,6-7,9H2,2-5H3. The Hall–Kier alpha value is -0.980. The second kappa shape index (κ2) is 5.38. The Bertz CT molecular complexity index is 334. The van der Waals surface area contributed by atoms with Crippen molar-refractivity contribution in [1.29, 1.82) is 0 Å². The minimum Gasteiger partial charge on any atom is -0.496 e. The third kappa shape index (κ3) is 3.01. The average molecular weight is 219 g/mol. The summed E-state index contributed by atoms with van der Waals surface area (Å²) in [6, 6.07) is 6.34. The van der Waals surface area contributed by atoms with E-state index in [-0.39, 0.29) is 5.41 Å². The molecule has 0 atom stereocenters. The second-order valence-electron chi connectivity index (χ2n) is 5.19. The van der Waals surface area contributed by atoms with Crippen LogP contribution in [0.2, 0.25) is 0 Å². The third-order valence-electron chi connectivity index (χ3n) is 2.84. The van der Waals surface area contributed by atoms with E-state index >= 15 is 0 Å². The van der Waals surface area contributed by atoms with Gasteiger partial charge in [-0.25, -0.2) is 0 Å². The van der Waals surface area contributed by atoms with Crippen molar-refractivity contribution in [3.05, 3.63) is 36.2 Å². The molecule has 0 heterocycles. The summed E-state index contributed by atoms with van der Waals surface area (Å²) in [4.78, 5) is 0. The van der Waals surface area contributed by atoms with Crippen LogP contribution in [-0.2, 0) is 11.8 Å². The SMILES string of the molecule is [CH2]CCCc1c(OC)cccc1C(C)(C)C. The lowest BCUT2D eigenvalue weighted by molar-refractivity contribution is 0.406. The zero-order valence-electron chi connectivity index (χ0n) is 11.0. The molecular formula is C15H23O. The lowest BCUT2D eigenvalue weighted by Crippen LogP contribution is -2.15. The van der Waals surface area contributed by atoms with Crippen molar-refractivity contribution >= 4 is 0 Å². The van der Waals surface area contributed by atoms with Gasteiger partial charge >= 0.3 is 0 Å². The van der Waals surface area contributed by atoms with Crippen LogP contribution in [-0.4, -0.2) is 7.11 Å². The first-order valence-corrected chi connectivity index (χ1v) is 5.96. The molecule has 0 fully saturated rings. The maximum Gasteiger partial charge on any atom is 0.122 e. The predicted molar refractivity (Wildman–Crippen MR) is 70.0 cm³/mol. The van der Waals surface area contributed by atoms with Crippen LogP contribution in [0.4, 0.5) is 0 Å². The van der Waals surface area contributed by atoms with E-state index in [2.05, 4.69) is 39.8 Å². The number of unbranched alkanes of at least 4 members (excludes halogenated alkanes) is 1. The number of methoxy groups -OCH3 is 1. The number of benzene rings is 1. The van der Waals surface area contributed by atoms with Crippen molar-refractivity contribution in [2.75, 3.05) is 7.11 Å². The molecule has 0 N–H and O–H groups in total. The number of hydrogen-bond acceptors (Lipinski definition) is 1. The molecule has 1 aromatic carbocycles. The van der Waals surface area contributed by atoms with E-state index in [1.54, 1.807) is 7.11 Å². The van der Waals surface area contributed by atoms with E-state index in [1.807, 2.05) is 6.07 Å². The van der Waals surface area contributed by atoms with Crippen molar-refractivity contribution in [2.24, 2.45) is 0 Å². The molecule has 0 bridgehead atoms. The summed E-state index contributed by atoms with van der Waals surface area (Å²) in [5.74, 6) is 1.01. The van der Waals surface area contributed by atoms with Crippen molar-refractivity contribution in [1.82, 2.24) is 0 Å². The van der Waals surface area contributed by atoms with Gasteiger partial charge in [0.1, 0.15) is 5.75 Å². The molecule has 1 nitrogen and oxygen atoms in total. The zero-order chi connectivity index (χ0) is 12.2. The molecule has 0 aromatic heterocycles. The molecule has 16 heavy (non-hydrogen) atoms. The summed E-state index contributed by atoms with van der Waals surface area (Å²) in [5.41, 5.74) is 2.91. The van der Waals surface area contributed by atoms with Gasteiger partial charge in [0.15, 0.2) is 0 Å². The van der Waals surface area contributed by atoms with E-state index in [0.717, 1.165) is 25.0 Å². The fraction of sp³-hybridized carbons (Fsp3) is 0.533. The largest absolute Gasteiger partial charge is 0.496 e. The van der Waals surface area contributed by atoms with E-state index < -0.39 is 0 Å². The molecule has 89 valence electrons. The van der Waals surface area contributed by atoms with Gasteiger partial charge in [0.05, 0.1) is 7.11 Å². The summed E-state index contributed by atoms with van der Waals surface area (Å²) >= 11 is 0. The quantitative estimate of drug-likeness (QED) is 0.739. The van der Waals surface area contributed by atoms with Gasteiger partial charge in [0.2, 0.25) is 0 Å². The van der Waals surface area contributed by atoms with E-state index in [1.165, 1.54) is 11.1 Å². The van der Waals surface area contributed by atoms with Crippen LogP contribution in [0.5, 0.6) is 5.75 Å². The Balaban J connectivity index is 3.15. The van der Waals surface area contributed by atoms with Crippen LogP contribution in [0.15, 0.2) is 18.2 Å². The molecule has 0 aliphatic rings. The van der Waals surface area contributed by atoms with Gasteiger partial charge in [-0.05, 0) is 35.4 Å². The topological polar surface area (TPSA) is 9.23 Å². The maximum atomic E-state index is 5.46. The van der Waals surface area contributed by atoms with Gasteiger partial charge in [-0.15, -0.1) is 0 Å². The molecule has 0 saturated heterocycles. The molecule has 0 spiro atoms. The van der Waals surface area contributed by atoms with Crippen molar-refractivity contribution in [2.45, 2.75) is 45.4 Å². The third-order valence-corrected chi connectivity index (χ3v) is 2.84. The summed E-state index contributed by atoms with van der Waals surface area (Å²) in [7, 11) is 1.75. The first-order chi connectivity index (χ1) is 7.50. The molecule has 0 aliphatic carbocycles. The fourth-order valence-corrected chi connectivity index (χ4v) is 2.02. The molecule has 1 rings (SSSR count). The van der Waals surface area contributed by atoms with Crippen LogP contribution in [0.25, 0.3) is 0 Å². The molecule has 0 unspecified atom stereocenters. The van der Waals surface area contributed by atoms with Crippen LogP contribution >= 0.6 is 0 Å². The smallest absolute Gasteiger partial charge is 0.122 e. The molecule has 0 aliphatic heterocycles. The van der Waals surface area contributed by atoms with Crippen LogP contribution in [0.3, 0.4) is 0 Å². The minimum absolute atomic E-state index is 0.172. The lowest BCUT2D eigenvalue weighted by Gasteiger charge is -2.24. The van der Waals surface area contributed by atoms with Crippen LogP contribution in [0, 0.1) is 6.92 Å². The van der Waals surface area contributed by atoms with Gasteiger partial charge in [-0.2, -0.15) is 0 Å². The maximum absolute atomic E-state index is 5.46. The normalized spacial score (nSPS) is 11.6. The highest BCUT2D eigenvalue weighted by Crippen LogP contribution is 2.32. The fourth-order valence-electron chi connectivity index (χ4n) is 2.02. The first kappa shape index (κ1) is 13.1. The van der Waals surface area contributed by atoms with E-state index in [0.29, 0.717) is 0 Å². The minimum atomic E-state index is 0.172. The first-order valence-electron chi connectivity index (χ1n) is 5.96. The highest BCUT2D eigenvalue weighted by atomic mass is 16.5. The van der Waals surface area contributed by atoms with Gasteiger partial charge in [0.25, 0.3) is 0 Å². The monoisotopic (exact) mass is 219 g/mol. The van der Waals surface area contributed by atoms with Crippen molar-refractivity contribution in [3.63, 3.8) is 0 Å². The van der Waals surface area contributed by atoms with E-state index in [9.17, 15) is 0 Å². The second-order valence-corrected chi connectivity index (χ2v) is 5.19. The number of hydrogen-bond donors (Lipinski definition) is 0. The molecule has 1 heteroatoms. The van der Waals surface area contributed by atoms with Crippen molar-refractivity contribution in [3.8, 4) is 5.75 Å². The van der Waals surface area contributed by atoms with Crippen LogP contribution < -0.4 is 4.74 Å². The van der Waals surface area contributed by atoms with Gasteiger partial charge in [0, 0.05) is 0 Å². The zero-order valence-corrected chi connectivity index (χ0v) is 11.0. The highest BCUT2D eigenvalue weighted by Gasteiger charge is 2.19. The van der Waals surface area contributed by atoms with Gasteiger partial charge < -0.3 is 4.74 Å². The molecule has 1 radical (unpaired) electrons. The summed E-state index contributed by atoms with van der Waals surface area (Å²) in [5, 5.41) is 0. The summed E-state index contributed by atoms with van der Waals surface area (Å²) in [6.45, 7) is 10.6. The van der Waals surface area contributed by atoms with E-state index in [4.69, 9.17) is 4.74 Å². The van der Waals surface area contributed by atoms with Gasteiger partial charge in [-0.1, -0.05) is 46.2 Å². The molecule has 1 aromatic rings. The molecule has 0 amide bonds. The lowest BCUT2D eigenvalue weighted by atomic mass is 9.82. The number of rotatable bonds is 4. The molecule has 0 saturated carbocycles. The highest BCUT2D eigenvalue weighted by molar-refractivity contribution is 5.43. The Labute approximate surface area is 99.8 Å². The van der Waals surface area contributed by atoms with Crippen molar-refractivity contribution < 1.29 is 4.74 Å². The predicted octanol–water partition coefficient (Wildman–Crippen LogP) is 4.15. The number of ether oxygens (including phenoxy) is 1. The average Bonchev–Trinajstić information content (AvgIpc) is 2.24. The Morgan fingerprint density at radius 2 is 1.94 bits per heavy atom. The van der Waals surface area contributed by atoms with Crippen LogP contribution in [0.1, 0.15) is 44.7 Å². The molecular weight excluding hydrogens is 196 g/mol. The Kier molecular flexibility index (Phi) is 4.40. The Morgan fingerprint density at radius 3 is 2.44 bits per heavy atom. The Morgan fingerprint density at radius 1 is 1.25 bits per heavy atom. The van der Waals surface area contributed by atoms with Gasteiger partial charge in [-0.3, -0.25) is 0 Å². The summed E-state index contributed by atoms with van der Waals surface area (Å²) < 4.78 is 5.46.